The first-order chi connectivity index (χ1) is 10.1. The van der Waals surface area contributed by atoms with Gasteiger partial charge in [-0.1, -0.05) is 26.0 Å². The molecule has 21 heavy (non-hydrogen) atoms. The smallest absolute Gasteiger partial charge is 0.193 e. The Bertz CT molecular complexity index is 662. The number of benzene rings is 2. The molecule has 2 rings (SSSR count). The van der Waals surface area contributed by atoms with Crippen LogP contribution in [0.5, 0.6) is 5.75 Å². The predicted molar refractivity (Wildman–Crippen MR) is 89.3 cm³/mol. The van der Waals surface area contributed by atoms with E-state index in [1.807, 2.05) is 12.1 Å². The summed E-state index contributed by atoms with van der Waals surface area (Å²) in [5, 5.41) is 0. The monoisotopic (exact) mass is 346 g/mol. The minimum Gasteiger partial charge on any atom is -0.496 e. The first kappa shape index (κ1) is 15.8. The van der Waals surface area contributed by atoms with Gasteiger partial charge >= 0.3 is 0 Å². The molecule has 0 N–H and O–H groups in total. The van der Waals surface area contributed by atoms with Crippen LogP contribution >= 0.6 is 15.9 Å². The number of rotatable bonds is 5. The molecule has 0 bridgehead atoms. The van der Waals surface area contributed by atoms with Gasteiger partial charge in [-0.05, 0) is 64.2 Å². The number of carbonyl (C=O) groups is 1. The van der Waals surface area contributed by atoms with Gasteiger partial charge in [-0.3, -0.25) is 4.79 Å². The van der Waals surface area contributed by atoms with Crippen LogP contribution in [0.4, 0.5) is 0 Å². The third kappa shape index (κ3) is 3.35. The van der Waals surface area contributed by atoms with Crippen molar-refractivity contribution in [1.29, 1.82) is 0 Å². The van der Waals surface area contributed by atoms with E-state index in [4.69, 9.17) is 4.74 Å². The molecule has 2 aromatic carbocycles. The minimum absolute atomic E-state index is 0.0377. The first-order valence-electron chi connectivity index (χ1n) is 7.10. The van der Waals surface area contributed by atoms with Crippen LogP contribution in [-0.4, -0.2) is 12.9 Å². The molecule has 0 saturated carbocycles. The van der Waals surface area contributed by atoms with E-state index in [1.54, 1.807) is 25.3 Å². The molecule has 0 unspecified atom stereocenters. The van der Waals surface area contributed by atoms with E-state index in [2.05, 4.69) is 35.8 Å². The maximum Gasteiger partial charge on any atom is 0.193 e. The third-order valence-corrected chi connectivity index (χ3v) is 4.26. The van der Waals surface area contributed by atoms with Gasteiger partial charge in [0.1, 0.15) is 5.75 Å². The fourth-order valence-electron chi connectivity index (χ4n) is 2.42. The molecule has 0 spiro atoms. The largest absolute Gasteiger partial charge is 0.496 e. The summed E-state index contributed by atoms with van der Waals surface area (Å²) < 4.78 is 5.98. The Labute approximate surface area is 134 Å². The van der Waals surface area contributed by atoms with Crippen LogP contribution in [0.15, 0.2) is 40.9 Å². The summed E-state index contributed by atoms with van der Waals surface area (Å²) in [6.07, 6.45) is 1.93. The first-order valence-corrected chi connectivity index (χ1v) is 7.90. The van der Waals surface area contributed by atoms with Gasteiger partial charge in [0.15, 0.2) is 5.78 Å². The van der Waals surface area contributed by atoms with Crippen molar-refractivity contribution in [3.8, 4) is 5.75 Å². The fourth-order valence-corrected chi connectivity index (χ4v) is 2.96. The van der Waals surface area contributed by atoms with Crippen LogP contribution in [0.1, 0.15) is 40.9 Å². The van der Waals surface area contributed by atoms with Crippen molar-refractivity contribution in [3.63, 3.8) is 0 Å². The second kappa shape index (κ2) is 6.90. The highest BCUT2D eigenvalue weighted by Gasteiger charge is 2.13. The zero-order chi connectivity index (χ0) is 15.4. The predicted octanol–water partition coefficient (Wildman–Crippen LogP) is 4.81. The van der Waals surface area contributed by atoms with Gasteiger partial charge in [-0.2, -0.15) is 0 Å². The third-order valence-electron chi connectivity index (χ3n) is 3.64. The molecule has 0 aliphatic heterocycles. The van der Waals surface area contributed by atoms with Crippen molar-refractivity contribution in [3.05, 3.63) is 63.1 Å². The van der Waals surface area contributed by atoms with Crippen molar-refractivity contribution >= 4 is 21.7 Å². The molecule has 2 nitrogen and oxygen atoms in total. The minimum atomic E-state index is 0.0377. The summed E-state index contributed by atoms with van der Waals surface area (Å²) in [6, 6.07) is 11.4. The van der Waals surface area contributed by atoms with Crippen molar-refractivity contribution < 1.29 is 9.53 Å². The zero-order valence-corrected chi connectivity index (χ0v) is 14.2. The molecule has 2 aromatic rings. The highest BCUT2D eigenvalue weighted by molar-refractivity contribution is 9.10. The maximum absolute atomic E-state index is 12.6. The molecular weight excluding hydrogens is 328 g/mol. The maximum atomic E-state index is 12.6. The van der Waals surface area contributed by atoms with Crippen molar-refractivity contribution in [2.75, 3.05) is 7.11 Å². The highest BCUT2D eigenvalue weighted by atomic mass is 79.9. The van der Waals surface area contributed by atoms with E-state index in [0.29, 0.717) is 5.56 Å². The highest BCUT2D eigenvalue weighted by Crippen LogP contribution is 2.27. The zero-order valence-electron chi connectivity index (χ0n) is 12.6. The molecule has 0 heterocycles. The van der Waals surface area contributed by atoms with Crippen molar-refractivity contribution in [2.45, 2.75) is 26.7 Å². The Morgan fingerprint density at radius 3 is 2.19 bits per heavy atom. The Kier molecular flexibility index (Phi) is 5.18. The van der Waals surface area contributed by atoms with Crippen LogP contribution in [-0.2, 0) is 12.8 Å². The average molecular weight is 347 g/mol. The quantitative estimate of drug-likeness (QED) is 0.726. The van der Waals surface area contributed by atoms with Gasteiger partial charge in [-0.15, -0.1) is 0 Å². The lowest BCUT2D eigenvalue weighted by atomic mass is 9.96. The molecule has 0 amide bonds. The Morgan fingerprint density at radius 2 is 1.62 bits per heavy atom. The summed E-state index contributed by atoms with van der Waals surface area (Å²) >= 11 is 3.42. The van der Waals surface area contributed by atoms with Gasteiger partial charge in [0.2, 0.25) is 0 Å². The van der Waals surface area contributed by atoms with E-state index < -0.39 is 0 Å². The molecule has 0 radical (unpaired) electrons. The number of aryl methyl sites for hydroxylation is 2. The van der Waals surface area contributed by atoms with Crippen molar-refractivity contribution in [2.24, 2.45) is 0 Å². The molecule has 0 fully saturated rings. The van der Waals surface area contributed by atoms with E-state index >= 15 is 0 Å². The van der Waals surface area contributed by atoms with E-state index in [1.165, 1.54) is 11.1 Å². The summed E-state index contributed by atoms with van der Waals surface area (Å²) in [4.78, 5) is 12.6. The van der Waals surface area contributed by atoms with Crippen LogP contribution in [0.25, 0.3) is 0 Å². The van der Waals surface area contributed by atoms with E-state index in [0.717, 1.165) is 28.6 Å². The van der Waals surface area contributed by atoms with Crippen LogP contribution in [0, 0.1) is 0 Å². The van der Waals surface area contributed by atoms with Gasteiger partial charge < -0.3 is 4.74 Å². The Hall–Kier alpha value is -1.61. The van der Waals surface area contributed by atoms with Crippen LogP contribution in [0.3, 0.4) is 0 Å². The molecule has 0 aromatic heterocycles. The number of ether oxygens (including phenoxy) is 1. The molecule has 0 saturated heterocycles. The van der Waals surface area contributed by atoms with Crippen LogP contribution in [0.2, 0.25) is 0 Å². The standard InChI is InChI=1S/C18H19BrO2/c1-4-12-6-7-14(10-13(12)5-2)18(20)15-8-9-17(21-3)16(19)11-15/h6-11H,4-5H2,1-3H3. The Morgan fingerprint density at radius 1 is 1.00 bits per heavy atom. The topological polar surface area (TPSA) is 26.3 Å². The van der Waals surface area contributed by atoms with Crippen molar-refractivity contribution in [1.82, 2.24) is 0 Å². The lowest BCUT2D eigenvalue weighted by molar-refractivity contribution is 0.103. The number of methoxy groups -OCH3 is 1. The summed E-state index contributed by atoms with van der Waals surface area (Å²) in [5.74, 6) is 0.762. The SMILES string of the molecule is CCc1ccc(C(=O)c2ccc(OC)c(Br)c2)cc1CC. The Balaban J connectivity index is 2.38. The molecule has 110 valence electrons. The molecule has 3 heteroatoms. The summed E-state index contributed by atoms with van der Waals surface area (Å²) in [6.45, 7) is 4.25. The number of hydrogen-bond donors (Lipinski definition) is 0. The number of hydrogen-bond acceptors (Lipinski definition) is 2. The van der Waals surface area contributed by atoms with Gasteiger partial charge in [-0.25, -0.2) is 0 Å². The normalized spacial score (nSPS) is 10.5. The second-order valence-electron chi connectivity index (χ2n) is 4.87. The number of halogens is 1. The number of ketones is 1. The van der Waals surface area contributed by atoms with Gasteiger partial charge in [0.25, 0.3) is 0 Å². The molecule has 0 aliphatic carbocycles. The second-order valence-corrected chi connectivity index (χ2v) is 5.72. The average Bonchev–Trinajstić information content (AvgIpc) is 2.53. The van der Waals surface area contributed by atoms with E-state index in [9.17, 15) is 4.79 Å². The van der Waals surface area contributed by atoms with Gasteiger partial charge in [0.05, 0.1) is 11.6 Å². The van der Waals surface area contributed by atoms with Crippen LogP contribution < -0.4 is 4.74 Å². The summed E-state index contributed by atoms with van der Waals surface area (Å²) in [5.41, 5.74) is 3.95. The fraction of sp³-hybridized carbons (Fsp3) is 0.278. The van der Waals surface area contributed by atoms with Gasteiger partial charge in [0, 0.05) is 11.1 Å². The molecular formula is C18H19BrO2. The summed E-state index contributed by atoms with van der Waals surface area (Å²) in [7, 11) is 1.61. The number of carbonyl (C=O) groups excluding carboxylic acids is 1. The molecule has 0 aliphatic rings. The molecule has 0 atom stereocenters. The lowest BCUT2D eigenvalue weighted by Gasteiger charge is -2.09. The van der Waals surface area contributed by atoms with E-state index in [-0.39, 0.29) is 5.78 Å². The lowest BCUT2D eigenvalue weighted by Crippen LogP contribution is -2.04.